The van der Waals surface area contributed by atoms with E-state index in [1.54, 1.807) is 11.0 Å². The molecule has 0 spiro atoms. The van der Waals surface area contributed by atoms with Crippen LogP contribution in [0.1, 0.15) is 26.3 Å². The van der Waals surface area contributed by atoms with E-state index in [2.05, 4.69) is 28.1 Å². The highest BCUT2D eigenvalue weighted by molar-refractivity contribution is 8.19. The Balaban J connectivity index is 1.88. The molecule has 2 aliphatic heterocycles. The van der Waals surface area contributed by atoms with Gasteiger partial charge in [0.1, 0.15) is 5.84 Å². The molecule has 3 rings (SSSR count). The first kappa shape index (κ1) is 18.7. The Morgan fingerprint density at radius 3 is 2.54 bits per heavy atom. The van der Waals surface area contributed by atoms with Crippen molar-refractivity contribution in [2.24, 2.45) is 9.39 Å². The highest BCUT2D eigenvalue weighted by Crippen LogP contribution is 2.31. The predicted octanol–water partition coefficient (Wildman–Crippen LogP) is 3.86. The first-order valence-electron chi connectivity index (χ1n) is 8.55. The molecule has 1 N–H and O–H groups in total. The van der Waals surface area contributed by atoms with E-state index in [1.165, 1.54) is 11.8 Å². The predicted molar refractivity (Wildman–Crippen MR) is 113 cm³/mol. The van der Waals surface area contributed by atoms with E-state index in [-0.39, 0.29) is 17.3 Å². The van der Waals surface area contributed by atoms with Crippen LogP contribution in [-0.2, 0) is 4.79 Å². The Hall–Kier alpha value is -2.06. The normalized spacial score (nSPS) is 18.1. The Morgan fingerprint density at radius 1 is 1.23 bits per heavy atom. The number of hydrogen-bond acceptors (Lipinski definition) is 6. The van der Waals surface area contributed by atoms with Gasteiger partial charge in [0.05, 0.1) is 17.5 Å². The molecule has 0 saturated heterocycles. The molecule has 26 heavy (non-hydrogen) atoms. The lowest BCUT2D eigenvalue weighted by Gasteiger charge is -2.24. The summed E-state index contributed by atoms with van der Waals surface area (Å²) >= 11 is 2.69. The Labute approximate surface area is 162 Å². The second kappa shape index (κ2) is 8.09. The van der Waals surface area contributed by atoms with Crippen molar-refractivity contribution in [3.63, 3.8) is 0 Å². The molecular weight excluding hydrogens is 366 g/mol. The van der Waals surface area contributed by atoms with Crippen molar-refractivity contribution in [1.29, 1.82) is 5.41 Å². The molecular formula is C18H21N5OS2. The third-order valence-electron chi connectivity index (χ3n) is 4.10. The number of benzene rings is 1. The van der Waals surface area contributed by atoms with Crippen LogP contribution >= 0.6 is 23.7 Å². The number of amides is 1. The number of nitrogens with one attached hydrogen (secondary N) is 1. The number of nitrogens with zero attached hydrogens (tertiary/aromatic N) is 4. The maximum Gasteiger partial charge on any atom is 0.283 e. The van der Waals surface area contributed by atoms with Crippen LogP contribution in [0.5, 0.6) is 0 Å². The van der Waals surface area contributed by atoms with Gasteiger partial charge < -0.3 is 4.90 Å². The third-order valence-corrected chi connectivity index (χ3v) is 5.74. The van der Waals surface area contributed by atoms with Crippen LogP contribution < -0.4 is 4.90 Å². The van der Waals surface area contributed by atoms with Crippen LogP contribution in [0.15, 0.2) is 39.2 Å². The molecule has 1 aromatic rings. The quantitative estimate of drug-likeness (QED) is 0.613. The first-order chi connectivity index (χ1) is 12.6. The number of anilines is 1. The fraction of sp³-hybridized carbons (Fsp3) is 0.333. The molecule has 0 radical (unpaired) electrons. The average molecular weight is 388 g/mol. The molecule has 0 fully saturated rings. The lowest BCUT2D eigenvalue weighted by Crippen LogP contribution is -2.41. The number of carbonyl (C=O) groups is 1. The number of fused-ring (bicyclic) bond motifs is 1. The van der Waals surface area contributed by atoms with Gasteiger partial charge in [-0.15, -0.1) is 0 Å². The highest BCUT2D eigenvalue weighted by atomic mass is 32.2. The number of amidine groups is 3. The molecule has 2 heterocycles. The maximum atomic E-state index is 12.4. The summed E-state index contributed by atoms with van der Waals surface area (Å²) < 4.78 is 4.31. The lowest BCUT2D eigenvalue weighted by molar-refractivity contribution is -0.114. The van der Waals surface area contributed by atoms with Gasteiger partial charge in [0, 0.05) is 18.8 Å². The van der Waals surface area contributed by atoms with Crippen LogP contribution in [0.25, 0.3) is 6.08 Å². The van der Waals surface area contributed by atoms with Gasteiger partial charge in [-0.05, 0) is 43.4 Å². The summed E-state index contributed by atoms with van der Waals surface area (Å²) in [6.07, 6.45) is 1.73. The molecule has 0 bridgehead atoms. The van der Waals surface area contributed by atoms with E-state index in [0.29, 0.717) is 10.3 Å². The minimum Gasteiger partial charge on any atom is -0.372 e. The van der Waals surface area contributed by atoms with Gasteiger partial charge in [-0.25, -0.2) is 4.90 Å². The molecule has 2 aliphatic rings. The van der Waals surface area contributed by atoms with E-state index in [4.69, 9.17) is 5.41 Å². The zero-order chi connectivity index (χ0) is 18.7. The standard InChI is InChI=1S/C18H21N5OS2/c1-4-22(5-2)13-9-7-12(8-10-13)11-14-15(19)23-17(20-16(14)24)26-21-18(23)25-6-3/h7-11,19H,4-6H2,1-3H3/b14-11-,19-15?. The first-order valence-corrected chi connectivity index (χ1v) is 10.3. The summed E-state index contributed by atoms with van der Waals surface area (Å²) in [5.74, 6) is 0.591. The molecule has 0 aliphatic carbocycles. The molecule has 0 aromatic heterocycles. The van der Waals surface area contributed by atoms with Crippen LogP contribution in [0, 0.1) is 5.41 Å². The summed E-state index contributed by atoms with van der Waals surface area (Å²) in [4.78, 5) is 20.4. The molecule has 8 heteroatoms. The zero-order valence-corrected chi connectivity index (χ0v) is 16.7. The fourth-order valence-electron chi connectivity index (χ4n) is 2.76. The number of rotatable bonds is 5. The Kier molecular flexibility index (Phi) is 5.83. The summed E-state index contributed by atoms with van der Waals surface area (Å²) in [7, 11) is 0. The second-order valence-corrected chi connectivity index (χ2v) is 7.57. The summed E-state index contributed by atoms with van der Waals surface area (Å²) in [6, 6.07) is 8.01. The fourth-order valence-corrected chi connectivity index (χ4v) is 4.33. The largest absolute Gasteiger partial charge is 0.372 e. The van der Waals surface area contributed by atoms with Gasteiger partial charge in [0.25, 0.3) is 5.91 Å². The van der Waals surface area contributed by atoms with E-state index in [9.17, 15) is 4.79 Å². The van der Waals surface area contributed by atoms with Crippen molar-refractivity contribution >= 4 is 57.6 Å². The molecule has 6 nitrogen and oxygen atoms in total. The number of aliphatic imine (C=N–C) groups is 1. The van der Waals surface area contributed by atoms with E-state index < -0.39 is 0 Å². The van der Waals surface area contributed by atoms with E-state index in [1.807, 2.05) is 31.2 Å². The van der Waals surface area contributed by atoms with Crippen LogP contribution in [0.4, 0.5) is 5.69 Å². The Morgan fingerprint density at radius 2 is 1.92 bits per heavy atom. The number of thioether (sulfide) groups is 1. The maximum absolute atomic E-state index is 12.4. The highest BCUT2D eigenvalue weighted by Gasteiger charge is 2.37. The van der Waals surface area contributed by atoms with Crippen molar-refractivity contribution in [3.05, 3.63) is 35.4 Å². The molecule has 1 aromatic carbocycles. The number of carbonyl (C=O) groups excluding carboxylic acids is 1. The van der Waals surface area contributed by atoms with Crippen molar-refractivity contribution < 1.29 is 4.79 Å². The SMILES string of the molecule is CCSC1=NSC2=NC(=O)/C(=C\c3ccc(N(CC)CC)cc3)C(=N)N12. The van der Waals surface area contributed by atoms with E-state index in [0.717, 1.165) is 42.0 Å². The third kappa shape index (κ3) is 3.57. The van der Waals surface area contributed by atoms with Crippen LogP contribution in [0.3, 0.4) is 0 Å². The monoisotopic (exact) mass is 387 g/mol. The summed E-state index contributed by atoms with van der Waals surface area (Å²) in [6.45, 7) is 8.17. The minimum atomic E-state index is -0.389. The van der Waals surface area contributed by atoms with Crippen molar-refractivity contribution in [1.82, 2.24) is 4.90 Å². The molecule has 1 amide bonds. The topological polar surface area (TPSA) is 72.1 Å². The molecule has 0 saturated carbocycles. The van der Waals surface area contributed by atoms with Crippen molar-refractivity contribution in [2.45, 2.75) is 20.8 Å². The minimum absolute atomic E-state index is 0.137. The van der Waals surface area contributed by atoms with Crippen LogP contribution in [-0.4, -0.2) is 45.8 Å². The van der Waals surface area contributed by atoms with Gasteiger partial charge in [-0.2, -0.15) is 9.39 Å². The van der Waals surface area contributed by atoms with Gasteiger partial charge in [-0.3, -0.25) is 10.2 Å². The van der Waals surface area contributed by atoms with Crippen LogP contribution in [0.2, 0.25) is 0 Å². The number of hydrogen-bond donors (Lipinski definition) is 1. The molecule has 0 atom stereocenters. The van der Waals surface area contributed by atoms with E-state index >= 15 is 0 Å². The molecule has 136 valence electrons. The average Bonchev–Trinajstić information content (AvgIpc) is 3.04. The summed E-state index contributed by atoms with van der Waals surface area (Å²) in [5.41, 5.74) is 2.31. The lowest BCUT2D eigenvalue weighted by atomic mass is 10.1. The smallest absolute Gasteiger partial charge is 0.283 e. The summed E-state index contributed by atoms with van der Waals surface area (Å²) in [5, 5.41) is 9.64. The zero-order valence-electron chi connectivity index (χ0n) is 15.0. The van der Waals surface area contributed by atoms with Gasteiger partial charge in [0.2, 0.25) is 5.17 Å². The molecule has 0 unspecified atom stereocenters. The second-order valence-electron chi connectivity index (χ2n) is 5.60. The van der Waals surface area contributed by atoms with Gasteiger partial charge >= 0.3 is 0 Å². The van der Waals surface area contributed by atoms with Crippen molar-refractivity contribution in [2.75, 3.05) is 23.7 Å². The van der Waals surface area contributed by atoms with Crippen molar-refractivity contribution in [3.8, 4) is 0 Å². The Bertz CT molecular complexity index is 809. The van der Waals surface area contributed by atoms with Gasteiger partial charge in [0.15, 0.2) is 5.17 Å². The van der Waals surface area contributed by atoms with Gasteiger partial charge in [-0.1, -0.05) is 30.8 Å².